The van der Waals surface area contributed by atoms with Crippen LogP contribution in [0.4, 0.5) is 0 Å². The summed E-state index contributed by atoms with van der Waals surface area (Å²) in [7, 11) is 1.38. The van der Waals surface area contributed by atoms with Gasteiger partial charge in [0, 0.05) is 0 Å². The Morgan fingerprint density at radius 2 is 2.00 bits per heavy atom. The molecule has 4 nitrogen and oxygen atoms in total. The molecule has 0 aromatic rings. The normalized spacial score (nSPS) is 33.3. The number of carbonyl (C=O) groups is 1. The summed E-state index contributed by atoms with van der Waals surface area (Å²) in [6.07, 6.45) is 0.798. The highest BCUT2D eigenvalue weighted by atomic mass is 16.7. The monoisotopic (exact) mass is 188 g/mol. The number of carbonyl (C=O) groups excluding carboxylic acids is 1. The van der Waals surface area contributed by atoms with E-state index in [1.807, 2.05) is 13.8 Å². The van der Waals surface area contributed by atoms with E-state index in [4.69, 9.17) is 9.47 Å². The van der Waals surface area contributed by atoms with Gasteiger partial charge in [0.25, 0.3) is 0 Å². The minimum absolute atomic E-state index is 0.0223. The van der Waals surface area contributed by atoms with Crippen LogP contribution >= 0.6 is 0 Å². The molecule has 1 rings (SSSR count). The summed E-state index contributed by atoms with van der Waals surface area (Å²) in [5.74, 6) is -0.249. The largest absolute Gasteiger partial charge is 0.469 e. The van der Waals surface area contributed by atoms with E-state index in [9.17, 15) is 4.79 Å². The number of ether oxygens (including phenoxy) is 3. The van der Waals surface area contributed by atoms with Crippen molar-refractivity contribution >= 4 is 5.97 Å². The molecule has 1 fully saturated rings. The summed E-state index contributed by atoms with van der Waals surface area (Å²) in [5, 5.41) is 0. The average molecular weight is 188 g/mol. The molecule has 3 atom stereocenters. The van der Waals surface area contributed by atoms with Gasteiger partial charge in [0.05, 0.1) is 25.7 Å². The van der Waals surface area contributed by atoms with Gasteiger partial charge in [-0.15, -0.1) is 0 Å². The fourth-order valence-electron chi connectivity index (χ4n) is 1.49. The highest BCUT2D eigenvalue weighted by Gasteiger charge is 2.34. The van der Waals surface area contributed by atoms with Gasteiger partial charge in [-0.3, -0.25) is 4.79 Å². The third-order valence-corrected chi connectivity index (χ3v) is 2.15. The summed E-state index contributed by atoms with van der Waals surface area (Å²) in [4.78, 5) is 11.0. The standard InChI is InChI=1S/C9H16O4/c1-4-7-8(5-9(10)11-3)13-6(2)12-7/h6-8H,4-5H2,1-3H3/t6?,7-,8-/m0/s1. The third kappa shape index (κ3) is 2.67. The number of methoxy groups -OCH3 is 1. The fourth-order valence-corrected chi connectivity index (χ4v) is 1.49. The van der Waals surface area contributed by atoms with E-state index >= 15 is 0 Å². The molecule has 0 radical (unpaired) electrons. The summed E-state index contributed by atoms with van der Waals surface area (Å²) < 4.78 is 15.4. The Bertz CT molecular complexity index is 180. The smallest absolute Gasteiger partial charge is 0.308 e. The lowest BCUT2D eigenvalue weighted by molar-refractivity contribution is -0.143. The molecular weight excluding hydrogens is 172 g/mol. The highest BCUT2D eigenvalue weighted by Crippen LogP contribution is 2.23. The van der Waals surface area contributed by atoms with E-state index in [1.165, 1.54) is 7.11 Å². The Morgan fingerprint density at radius 3 is 2.54 bits per heavy atom. The van der Waals surface area contributed by atoms with Crippen molar-refractivity contribution in [2.24, 2.45) is 0 Å². The van der Waals surface area contributed by atoms with E-state index in [-0.39, 0.29) is 30.9 Å². The third-order valence-electron chi connectivity index (χ3n) is 2.15. The van der Waals surface area contributed by atoms with Gasteiger partial charge in [0.15, 0.2) is 6.29 Å². The molecule has 0 N–H and O–H groups in total. The number of rotatable bonds is 3. The highest BCUT2D eigenvalue weighted by molar-refractivity contribution is 5.69. The van der Waals surface area contributed by atoms with Crippen LogP contribution in [0.25, 0.3) is 0 Å². The quantitative estimate of drug-likeness (QED) is 0.622. The molecule has 0 aromatic heterocycles. The molecule has 1 heterocycles. The van der Waals surface area contributed by atoms with Gasteiger partial charge in [-0.05, 0) is 13.3 Å². The molecule has 1 aliphatic heterocycles. The molecule has 13 heavy (non-hydrogen) atoms. The van der Waals surface area contributed by atoms with Crippen LogP contribution in [-0.4, -0.2) is 31.6 Å². The first-order valence-corrected chi connectivity index (χ1v) is 4.55. The molecule has 0 spiro atoms. The first-order chi connectivity index (χ1) is 6.17. The lowest BCUT2D eigenvalue weighted by Gasteiger charge is -2.12. The van der Waals surface area contributed by atoms with Crippen LogP contribution in [0.1, 0.15) is 26.7 Å². The van der Waals surface area contributed by atoms with Gasteiger partial charge in [0.1, 0.15) is 0 Å². The van der Waals surface area contributed by atoms with Crippen molar-refractivity contribution in [1.29, 1.82) is 0 Å². The lowest BCUT2D eigenvalue weighted by atomic mass is 10.1. The summed E-state index contributed by atoms with van der Waals surface area (Å²) in [6.45, 7) is 3.84. The first-order valence-electron chi connectivity index (χ1n) is 4.55. The van der Waals surface area contributed by atoms with Crippen molar-refractivity contribution in [3.05, 3.63) is 0 Å². The van der Waals surface area contributed by atoms with Crippen molar-refractivity contribution in [1.82, 2.24) is 0 Å². The number of esters is 1. The second kappa shape index (κ2) is 4.58. The zero-order chi connectivity index (χ0) is 9.84. The Hall–Kier alpha value is -0.610. The predicted octanol–water partition coefficient (Wildman–Crippen LogP) is 1.09. The van der Waals surface area contributed by atoms with E-state index in [0.29, 0.717) is 0 Å². The van der Waals surface area contributed by atoms with Crippen molar-refractivity contribution in [3.63, 3.8) is 0 Å². The predicted molar refractivity (Wildman–Crippen MR) is 46.1 cm³/mol. The second-order valence-electron chi connectivity index (χ2n) is 3.11. The van der Waals surface area contributed by atoms with Crippen molar-refractivity contribution in [2.45, 2.75) is 45.2 Å². The summed E-state index contributed by atoms with van der Waals surface area (Å²) in [6, 6.07) is 0. The van der Waals surface area contributed by atoms with Gasteiger partial charge in [-0.1, -0.05) is 6.92 Å². The van der Waals surface area contributed by atoms with Gasteiger partial charge >= 0.3 is 5.97 Å². The summed E-state index contributed by atoms with van der Waals surface area (Å²) in [5.41, 5.74) is 0. The van der Waals surface area contributed by atoms with Gasteiger partial charge in [-0.2, -0.15) is 0 Å². The second-order valence-corrected chi connectivity index (χ2v) is 3.11. The molecule has 1 saturated heterocycles. The molecule has 1 unspecified atom stereocenters. The summed E-state index contributed by atoms with van der Waals surface area (Å²) >= 11 is 0. The minimum atomic E-state index is -0.249. The topological polar surface area (TPSA) is 44.8 Å². The fraction of sp³-hybridized carbons (Fsp3) is 0.889. The van der Waals surface area contributed by atoms with E-state index in [0.717, 1.165) is 6.42 Å². The molecule has 0 amide bonds. The van der Waals surface area contributed by atoms with E-state index in [2.05, 4.69) is 4.74 Å². The van der Waals surface area contributed by atoms with Crippen LogP contribution in [0.2, 0.25) is 0 Å². The minimum Gasteiger partial charge on any atom is -0.469 e. The van der Waals surface area contributed by atoms with Crippen molar-refractivity contribution < 1.29 is 19.0 Å². The van der Waals surface area contributed by atoms with Crippen LogP contribution in [0.5, 0.6) is 0 Å². The maximum Gasteiger partial charge on any atom is 0.308 e. The SMILES string of the molecule is CC[C@@H]1OC(C)O[C@H]1CC(=O)OC. The van der Waals surface area contributed by atoms with E-state index in [1.54, 1.807) is 0 Å². The molecule has 0 aromatic carbocycles. The van der Waals surface area contributed by atoms with Gasteiger partial charge in [0.2, 0.25) is 0 Å². The zero-order valence-electron chi connectivity index (χ0n) is 8.28. The van der Waals surface area contributed by atoms with Crippen molar-refractivity contribution in [3.8, 4) is 0 Å². The molecule has 1 aliphatic rings. The Morgan fingerprint density at radius 1 is 1.38 bits per heavy atom. The Labute approximate surface area is 78.2 Å². The van der Waals surface area contributed by atoms with E-state index < -0.39 is 0 Å². The zero-order valence-corrected chi connectivity index (χ0v) is 8.28. The van der Waals surface area contributed by atoms with Crippen LogP contribution in [0, 0.1) is 0 Å². The molecule has 0 saturated carbocycles. The van der Waals surface area contributed by atoms with Crippen LogP contribution < -0.4 is 0 Å². The van der Waals surface area contributed by atoms with Crippen molar-refractivity contribution in [2.75, 3.05) is 7.11 Å². The maximum atomic E-state index is 11.0. The first kappa shape index (κ1) is 10.5. The van der Waals surface area contributed by atoms with Crippen LogP contribution in [0.15, 0.2) is 0 Å². The van der Waals surface area contributed by atoms with Gasteiger partial charge in [-0.25, -0.2) is 0 Å². The molecule has 0 bridgehead atoms. The Balaban J connectivity index is 2.43. The van der Waals surface area contributed by atoms with Crippen LogP contribution in [0.3, 0.4) is 0 Å². The number of hydrogen-bond acceptors (Lipinski definition) is 4. The lowest BCUT2D eigenvalue weighted by Crippen LogP contribution is -2.25. The Kier molecular flexibility index (Phi) is 3.69. The van der Waals surface area contributed by atoms with Crippen LogP contribution in [-0.2, 0) is 19.0 Å². The molecule has 0 aliphatic carbocycles. The number of hydrogen-bond donors (Lipinski definition) is 0. The molecular formula is C9H16O4. The average Bonchev–Trinajstić information content (AvgIpc) is 2.46. The molecule has 4 heteroatoms. The van der Waals surface area contributed by atoms with Gasteiger partial charge < -0.3 is 14.2 Å². The molecule has 76 valence electrons. The maximum absolute atomic E-state index is 11.0.